The van der Waals surface area contributed by atoms with E-state index in [1.807, 2.05) is 12.1 Å². The molecule has 36 heavy (non-hydrogen) atoms. The molecule has 1 aromatic carbocycles. The molecule has 4 aliphatic rings. The Morgan fingerprint density at radius 2 is 1.92 bits per heavy atom. The van der Waals surface area contributed by atoms with Gasteiger partial charge in [-0.2, -0.15) is 0 Å². The fourth-order valence-corrected chi connectivity index (χ4v) is 5.94. The van der Waals surface area contributed by atoms with Crippen LogP contribution in [0.3, 0.4) is 0 Å². The van der Waals surface area contributed by atoms with Crippen molar-refractivity contribution in [3.8, 4) is 5.69 Å². The van der Waals surface area contributed by atoms with Gasteiger partial charge in [0, 0.05) is 24.6 Å². The minimum atomic E-state index is -0.659. The number of carbonyl (C=O) groups excluding carboxylic acids is 4. The zero-order valence-corrected chi connectivity index (χ0v) is 20.5. The zero-order chi connectivity index (χ0) is 25.2. The minimum Gasteiger partial charge on any atom is -0.347 e. The van der Waals surface area contributed by atoms with Crippen LogP contribution in [0, 0.1) is 10.8 Å². The van der Waals surface area contributed by atoms with Gasteiger partial charge < -0.3 is 10.2 Å². The predicted octanol–water partition coefficient (Wildman–Crippen LogP) is 2.12. The number of hydrogen-bond acceptors (Lipinski definition) is 6. The van der Waals surface area contributed by atoms with Crippen molar-refractivity contribution in [3.63, 3.8) is 0 Å². The molecule has 6 rings (SSSR count). The third kappa shape index (κ3) is 3.88. The maximum absolute atomic E-state index is 13.1. The second-order valence-electron chi connectivity index (χ2n) is 11.5. The van der Waals surface area contributed by atoms with E-state index in [1.165, 1.54) is 22.4 Å². The molecule has 2 aliphatic carbocycles. The molecule has 2 aliphatic heterocycles. The first-order valence-electron chi connectivity index (χ1n) is 12.7. The molecule has 188 valence electrons. The maximum atomic E-state index is 13.1. The highest BCUT2D eigenvalue weighted by Crippen LogP contribution is 2.59. The Morgan fingerprint density at radius 1 is 1.14 bits per heavy atom. The number of piperidine rings is 1. The van der Waals surface area contributed by atoms with Gasteiger partial charge in [-0.15, -0.1) is 5.10 Å². The van der Waals surface area contributed by atoms with Gasteiger partial charge in [0.25, 0.3) is 11.8 Å². The van der Waals surface area contributed by atoms with E-state index in [4.69, 9.17) is 0 Å². The van der Waals surface area contributed by atoms with Gasteiger partial charge in [-0.05, 0) is 67.1 Å². The molecule has 2 unspecified atom stereocenters. The summed E-state index contributed by atoms with van der Waals surface area (Å²) in [5.41, 5.74) is 2.78. The van der Waals surface area contributed by atoms with Crippen LogP contribution in [-0.4, -0.2) is 55.6 Å². The predicted molar refractivity (Wildman–Crippen MR) is 128 cm³/mol. The minimum absolute atomic E-state index is 0.196. The first-order valence-corrected chi connectivity index (χ1v) is 12.7. The smallest absolute Gasteiger partial charge is 0.273 e. The van der Waals surface area contributed by atoms with E-state index in [0.29, 0.717) is 29.6 Å². The van der Waals surface area contributed by atoms with Gasteiger partial charge in [-0.25, -0.2) is 4.68 Å². The lowest BCUT2D eigenvalue weighted by Crippen LogP contribution is -2.52. The lowest BCUT2D eigenvalue weighted by atomic mass is 9.71. The molecule has 0 radical (unpaired) electrons. The van der Waals surface area contributed by atoms with E-state index >= 15 is 0 Å². The molecule has 10 nitrogen and oxygen atoms in total. The SMILES string of the molecule is CC1(C)CCC2(CC1)CC2NC(=O)c1cn(-c2ccc3c(c2)C(=O)N(C2CCC(=O)NC2=O)C3)nn1. The number of fused-ring (bicyclic) bond motifs is 1. The van der Waals surface area contributed by atoms with Gasteiger partial charge in [-0.1, -0.05) is 25.1 Å². The van der Waals surface area contributed by atoms with Crippen molar-refractivity contribution in [1.82, 2.24) is 30.5 Å². The molecule has 2 N–H and O–H groups in total. The molecule has 3 fully saturated rings. The van der Waals surface area contributed by atoms with Crippen molar-refractivity contribution in [3.05, 3.63) is 41.2 Å². The quantitative estimate of drug-likeness (QED) is 0.633. The van der Waals surface area contributed by atoms with E-state index < -0.39 is 11.9 Å². The lowest BCUT2D eigenvalue weighted by molar-refractivity contribution is -0.136. The topological polar surface area (TPSA) is 126 Å². The van der Waals surface area contributed by atoms with Gasteiger partial charge in [0.2, 0.25) is 11.8 Å². The highest BCUT2D eigenvalue weighted by molar-refractivity contribution is 6.05. The van der Waals surface area contributed by atoms with Crippen molar-refractivity contribution in [2.75, 3.05) is 0 Å². The summed E-state index contributed by atoms with van der Waals surface area (Å²) >= 11 is 0. The van der Waals surface area contributed by atoms with Crippen LogP contribution in [0.2, 0.25) is 0 Å². The number of carbonyl (C=O) groups is 4. The third-order valence-electron chi connectivity index (χ3n) is 8.60. The van der Waals surface area contributed by atoms with Gasteiger partial charge in [-0.3, -0.25) is 24.5 Å². The van der Waals surface area contributed by atoms with Crippen LogP contribution in [0.25, 0.3) is 5.69 Å². The summed E-state index contributed by atoms with van der Waals surface area (Å²) in [6, 6.07) is 4.89. The molecule has 2 atom stereocenters. The van der Waals surface area contributed by atoms with Crippen LogP contribution in [0.1, 0.15) is 85.2 Å². The van der Waals surface area contributed by atoms with Gasteiger partial charge in [0.1, 0.15) is 6.04 Å². The number of nitrogens with zero attached hydrogens (tertiary/aromatic N) is 4. The van der Waals surface area contributed by atoms with Crippen LogP contribution in [0.5, 0.6) is 0 Å². The summed E-state index contributed by atoms with van der Waals surface area (Å²) in [7, 11) is 0. The van der Waals surface area contributed by atoms with E-state index in [0.717, 1.165) is 24.8 Å². The average molecular weight is 491 g/mol. The largest absolute Gasteiger partial charge is 0.347 e. The Bertz CT molecular complexity index is 1290. The Morgan fingerprint density at radius 3 is 2.67 bits per heavy atom. The molecular weight excluding hydrogens is 460 g/mol. The highest BCUT2D eigenvalue weighted by atomic mass is 16.2. The first-order chi connectivity index (χ1) is 17.1. The molecule has 1 aromatic heterocycles. The Kier molecular flexibility index (Phi) is 5.07. The van der Waals surface area contributed by atoms with E-state index in [2.05, 4.69) is 34.8 Å². The summed E-state index contributed by atoms with van der Waals surface area (Å²) < 4.78 is 1.49. The molecule has 2 aromatic rings. The Balaban J connectivity index is 1.13. The second kappa shape index (κ2) is 7.97. The number of aromatic nitrogens is 3. The molecule has 1 spiro atoms. The number of hydrogen-bond donors (Lipinski definition) is 2. The number of rotatable bonds is 4. The fourth-order valence-electron chi connectivity index (χ4n) is 5.94. The van der Waals surface area contributed by atoms with Crippen LogP contribution >= 0.6 is 0 Å². The van der Waals surface area contributed by atoms with Crippen molar-refractivity contribution >= 4 is 23.6 Å². The van der Waals surface area contributed by atoms with Crippen molar-refractivity contribution < 1.29 is 19.2 Å². The number of amides is 4. The summed E-state index contributed by atoms with van der Waals surface area (Å²) in [6.45, 7) is 4.94. The monoisotopic (exact) mass is 490 g/mol. The normalized spacial score (nSPS) is 26.1. The summed E-state index contributed by atoms with van der Waals surface area (Å²) in [5.74, 6) is -1.23. The second-order valence-corrected chi connectivity index (χ2v) is 11.5. The standard InChI is InChI=1S/C26H30N6O4/c1-25(2)7-9-26(10-8-25)12-20(26)27-22(34)18-14-32(30-29-18)16-4-3-15-13-31(24(36)17(15)11-16)19-5-6-21(33)28-23(19)35/h3-4,11,14,19-20H,5-10,12-13H2,1-2H3,(H,27,34)(H,28,33,35). The molecule has 10 heteroatoms. The summed E-state index contributed by atoms with van der Waals surface area (Å²) in [5, 5.41) is 13.6. The summed E-state index contributed by atoms with van der Waals surface area (Å²) in [6.07, 6.45) is 7.81. The Labute approximate surface area is 208 Å². The number of imide groups is 1. The van der Waals surface area contributed by atoms with E-state index in [-0.39, 0.29) is 41.3 Å². The molecule has 4 amide bonds. The first kappa shape index (κ1) is 22.9. The molecule has 2 saturated carbocycles. The molecule has 0 bridgehead atoms. The zero-order valence-electron chi connectivity index (χ0n) is 20.5. The highest BCUT2D eigenvalue weighted by Gasteiger charge is 2.56. The molecule has 3 heterocycles. The van der Waals surface area contributed by atoms with Crippen molar-refractivity contribution in [1.29, 1.82) is 0 Å². The Hall–Kier alpha value is -3.56. The lowest BCUT2D eigenvalue weighted by Gasteiger charge is -2.35. The van der Waals surface area contributed by atoms with Crippen LogP contribution < -0.4 is 10.6 Å². The number of benzene rings is 1. The van der Waals surface area contributed by atoms with Gasteiger partial charge in [0.05, 0.1) is 11.9 Å². The molecular formula is C26H30N6O4. The van der Waals surface area contributed by atoms with Crippen molar-refractivity contribution in [2.24, 2.45) is 10.8 Å². The maximum Gasteiger partial charge on any atom is 0.273 e. The van der Waals surface area contributed by atoms with E-state index in [1.54, 1.807) is 12.3 Å². The third-order valence-corrected chi connectivity index (χ3v) is 8.60. The van der Waals surface area contributed by atoms with Crippen LogP contribution in [0.15, 0.2) is 24.4 Å². The summed E-state index contributed by atoms with van der Waals surface area (Å²) in [4.78, 5) is 51.2. The van der Waals surface area contributed by atoms with E-state index in [9.17, 15) is 19.2 Å². The fraction of sp³-hybridized carbons (Fsp3) is 0.538. The molecule has 1 saturated heterocycles. The van der Waals surface area contributed by atoms with Gasteiger partial charge in [0.15, 0.2) is 5.69 Å². The van der Waals surface area contributed by atoms with Crippen LogP contribution in [-0.2, 0) is 16.1 Å². The average Bonchev–Trinajstić information content (AvgIpc) is 3.15. The van der Waals surface area contributed by atoms with Crippen molar-refractivity contribution in [2.45, 2.75) is 77.4 Å². The number of nitrogens with one attached hydrogen (secondary N) is 2. The van der Waals surface area contributed by atoms with Crippen LogP contribution in [0.4, 0.5) is 0 Å². The van der Waals surface area contributed by atoms with Gasteiger partial charge >= 0.3 is 0 Å².